The summed E-state index contributed by atoms with van der Waals surface area (Å²) in [6.07, 6.45) is 0. The lowest BCUT2D eigenvalue weighted by Crippen LogP contribution is -2.28. The Balaban J connectivity index is 3.29. The lowest BCUT2D eigenvalue weighted by Gasteiger charge is -2.10. The van der Waals surface area contributed by atoms with Gasteiger partial charge in [0, 0.05) is 27.8 Å². The van der Waals surface area contributed by atoms with E-state index in [1.165, 1.54) is 0 Å². The van der Waals surface area contributed by atoms with E-state index in [0.29, 0.717) is 12.1 Å². The maximum atomic E-state index is 12.1. The molecule has 0 amide bonds. The van der Waals surface area contributed by atoms with Gasteiger partial charge in [-0.1, -0.05) is 11.6 Å². The first-order valence-electron chi connectivity index (χ1n) is 4.09. The van der Waals surface area contributed by atoms with Crippen LogP contribution in [-0.2, 0) is 19.2 Å². The van der Waals surface area contributed by atoms with Crippen molar-refractivity contribution in [2.45, 2.75) is 10.4 Å². The zero-order valence-electron chi connectivity index (χ0n) is 8.48. The van der Waals surface area contributed by atoms with Gasteiger partial charge in [-0.15, -0.1) is 0 Å². The zero-order valence-corrected chi connectivity index (χ0v) is 11.6. The van der Waals surface area contributed by atoms with Crippen LogP contribution in [0.15, 0.2) is 23.1 Å². The van der Waals surface area contributed by atoms with Crippen molar-refractivity contribution in [3.05, 3.63) is 23.2 Å². The highest BCUT2D eigenvalue weighted by Crippen LogP contribution is 2.31. The third-order valence-electron chi connectivity index (χ3n) is 1.62. The van der Waals surface area contributed by atoms with Gasteiger partial charge in [0.15, 0.2) is 0 Å². The fraction of sp³-hybridized carbons (Fsp3) is 0.143. The molecule has 0 heterocycles. The van der Waals surface area contributed by atoms with Crippen LogP contribution in [0.1, 0.15) is 0 Å². The summed E-state index contributed by atoms with van der Waals surface area (Å²) in [7, 11) is -5.28. The Labute approximate surface area is 115 Å². The van der Waals surface area contributed by atoms with Gasteiger partial charge < -0.3 is 4.18 Å². The Kier molecular flexibility index (Phi) is 4.30. The van der Waals surface area contributed by atoms with Gasteiger partial charge in [0.1, 0.15) is 5.75 Å². The maximum absolute atomic E-state index is 12.1. The minimum atomic E-state index is -5.93. The molecule has 0 aliphatic carbocycles. The third-order valence-corrected chi connectivity index (χ3v) is 4.15. The van der Waals surface area contributed by atoms with Crippen molar-refractivity contribution in [2.24, 2.45) is 0 Å². The first-order valence-corrected chi connectivity index (χ1v) is 8.18. The number of benzene rings is 1. The molecule has 0 atom stereocenters. The number of halogens is 5. The minimum absolute atomic E-state index is 0.367. The molecule has 0 unspecified atom stereocenters. The first-order chi connectivity index (χ1) is 8.33. The monoisotopic (exact) mass is 358 g/mol. The second-order valence-corrected chi connectivity index (χ2v) is 7.58. The van der Waals surface area contributed by atoms with Gasteiger partial charge in [0.05, 0.1) is 4.90 Å². The van der Waals surface area contributed by atoms with Gasteiger partial charge in [0.2, 0.25) is 0 Å². The van der Waals surface area contributed by atoms with E-state index in [4.69, 9.17) is 22.3 Å². The highest BCUT2D eigenvalue weighted by Gasteiger charge is 2.48. The van der Waals surface area contributed by atoms with Crippen molar-refractivity contribution in [1.29, 1.82) is 0 Å². The Morgan fingerprint density at radius 2 is 1.58 bits per heavy atom. The normalized spacial score (nSPS) is 13.3. The molecule has 12 heteroatoms. The molecule has 0 saturated heterocycles. The van der Waals surface area contributed by atoms with Crippen LogP contribution in [0.25, 0.3) is 0 Å². The predicted molar refractivity (Wildman–Crippen MR) is 60.1 cm³/mol. The molecule has 108 valence electrons. The molecule has 0 aromatic heterocycles. The second kappa shape index (κ2) is 5.00. The Morgan fingerprint density at radius 1 is 1.05 bits per heavy atom. The smallest absolute Gasteiger partial charge is 0.376 e. The van der Waals surface area contributed by atoms with Crippen LogP contribution in [0, 0.1) is 0 Å². The minimum Gasteiger partial charge on any atom is -0.376 e. The summed E-state index contributed by atoms with van der Waals surface area (Å²) in [6.45, 7) is 0. The summed E-state index contributed by atoms with van der Waals surface area (Å²) in [6, 6.07) is 2.00. The number of alkyl halides is 3. The lowest BCUT2D eigenvalue weighted by atomic mass is 10.3. The fourth-order valence-corrected chi connectivity index (χ4v) is 2.43. The molecule has 0 fully saturated rings. The van der Waals surface area contributed by atoms with E-state index in [1.54, 1.807) is 0 Å². The number of hydrogen-bond donors (Lipinski definition) is 0. The molecule has 0 N–H and O–H groups in total. The summed E-state index contributed by atoms with van der Waals surface area (Å²) in [5.41, 5.74) is -5.66. The summed E-state index contributed by atoms with van der Waals surface area (Å²) in [4.78, 5) is -0.700. The maximum Gasteiger partial charge on any atom is 0.534 e. The van der Waals surface area contributed by atoms with E-state index < -0.39 is 35.3 Å². The molecule has 0 aliphatic heterocycles. The van der Waals surface area contributed by atoms with Crippen LogP contribution in [0.3, 0.4) is 0 Å². The Hall–Kier alpha value is -0.710. The van der Waals surface area contributed by atoms with Gasteiger partial charge in [-0.2, -0.15) is 21.6 Å². The summed E-state index contributed by atoms with van der Waals surface area (Å²) in [5, 5.41) is -0.367. The number of hydrogen-bond acceptors (Lipinski definition) is 5. The van der Waals surface area contributed by atoms with Crippen molar-refractivity contribution >= 4 is 41.5 Å². The van der Waals surface area contributed by atoms with Crippen LogP contribution in [-0.4, -0.2) is 22.3 Å². The van der Waals surface area contributed by atoms with Gasteiger partial charge >= 0.3 is 15.6 Å². The topological polar surface area (TPSA) is 77.5 Å². The van der Waals surface area contributed by atoms with Gasteiger partial charge in [-0.05, 0) is 6.07 Å². The van der Waals surface area contributed by atoms with Crippen LogP contribution < -0.4 is 4.18 Å². The molecule has 1 aromatic carbocycles. The molecule has 5 nitrogen and oxygen atoms in total. The molecule has 0 aliphatic rings. The fourth-order valence-electron chi connectivity index (χ4n) is 0.900. The molecule has 1 rings (SSSR count). The molecule has 19 heavy (non-hydrogen) atoms. The van der Waals surface area contributed by atoms with Crippen LogP contribution >= 0.6 is 22.3 Å². The molecule has 0 bridgehead atoms. The molecule has 0 radical (unpaired) electrons. The van der Waals surface area contributed by atoms with E-state index in [0.717, 1.165) is 6.07 Å². The van der Waals surface area contributed by atoms with E-state index in [2.05, 4.69) is 4.18 Å². The van der Waals surface area contributed by atoms with Crippen LogP contribution in [0.2, 0.25) is 5.02 Å². The SMILES string of the molecule is O=S(=O)(Cl)c1cc(Cl)cc(OS(=O)(=O)C(F)(F)F)c1. The van der Waals surface area contributed by atoms with Gasteiger partial charge in [-0.25, -0.2) is 8.42 Å². The van der Waals surface area contributed by atoms with Crippen molar-refractivity contribution < 1.29 is 34.2 Å². The summed E-state index contributed by atoms with van der Waals surface area (Å²) >= 11 is 5.42. The Morgan fingerprint density at radius 3 is 2.00 bits per heavy atom. The standard InChI is InChI=1S/C7H3Cl2F3O5S2/c8-4-1-5(3-6(2-4)18(9,13)14)17-19(15,16)7(10,11)12/h1-3H. The van der Waals surface area contributed by atoms with Crippen molar-refractivity contribution in [3.8, 4) is 5.75 Å². The molecule has 0 spiro atoms. The van der Waals surface area contributed by atoms with Crippen molar-refractivity contribution in [3.63, 3.8) is 0 Å². The third kappa shape index (κ3) is 4.13. The average molecular weight is 359 g/mol. The largest absolute Gasteiger partial charge is 0.534 e. The van der Waals surface area contributed by atoms with E-state index in [-0.39, 0.29) is 5.02 Å². The Bertz CT molecular complexity index is 696. The van der Waals surface area contributed by atoms with E-state index >= 15 is 0 Å². The van der Waals surface area contributed by atoms with Crippen LogP contribution in [0.5, 0.6) is 5.75 Å². The van der Waals surface area contributed by atoms with Crippen LogP contribution in [0.4, 0.5) is 13.2 Å². The quantitative estimate of drug-likeness (QED) is 0.471. The lowest BCUT2D eigenvalue weighted by molar-refractivity contribution is -0.0500. The number of rotatable bonds is 3. The highest BCUT2D eigenvalue weighted by atomic mass is 35.7. The predicted octanol–water partition coefficient (Wildman–Crippen LogP) is 2.50. The average Bonchev–Trinajstić information content (AvgIpc) is 2.12. The molecular weight excluding hydrogens is 356 g/mol. The molecular formula is C7H3Cl2F3O5S2. The van der Waals surface area contributed by atoms with E-state index in [1.807, 2.05) is 0 Å². The molecule has 1 aromatic rings. The van der Waals surface area contributed by atoms with E-state index in [9.17, 15) is 30.0 Å². The summed E-state index contributed by atoms with van der Waals surface area (Å²) in [5.74, 6) is -0.927. The summed E-state index contributed by atoms with van der Waals surface area (Å²) < 4.78 is 83.3. The highest BCUT2D eigenvalue weighted by molar-refractivity contribution is 8.13. The first kappa shape index (κ1) is 16.3. The molecule has 0 saturated carbocycles. The van der Waals surface area contributed by atoms with Crippen molar-refractivity contribution in [2.75, 3.05) is 0 Å². The zero-order chi connectivity index (χ0) is 15.1. The van der Waals surface area contributed by atoms with Gasteiger partial charge in [0.25, 0.3) is 9.05 Å². The second-order valence-electron chi connectivity index (χ2n) is 3.04. The van der Waals surface area contributed by atoms with Gasteiger partial charge in [-0.3, -0.25) is 0 Å². The van der Waals surface area contributed by atoms with Crippen molar-refractivity contribution in [1.82, 2.24) is 0 Å².